The van der Waals surface area contributed by atoms with E-state index in [0.29, 0.717) is 6.10 Å². The van der Waals surface area contributed by atoms with E-state index in [2.05, 4.69) is 33.9 Å². The Labute approximate surface area is 119 Å². The van der Waals surface area contributed by atoms with Gasteiger partial charge in [-0.3, -0.25) is 4.79 Å². The van der Waals surface area contributed by atoms with Crippen LogP contribution in [0.25, 0.3) is 0 Å². The largest absolute Gasteiger partial charge is 0.469 e. The maximum absolute atomic E-state index is 11.8. The van der Waals surface area contributed by atoms with E-state index < -0.39 is 8.32 Å². The van der Waals surface area contributed by atoms with E-state index in [1.165, 1.54) is 7.11 Å². The standard InChI is InChI=1S/C15H30O3Si/c1-14(2,3)19(6,7)18-12-8-10-15(4,11-9-12)13(16)17-5/h12H,8-11H2,1-7H3/t12-,15+. The Morgan fingerprint density at radius 2 is 1.68 bits per heavy atom. The number of ether oxygens (including phenoxy) is 1. The van der Waals surface area contributed by atoms with E-state index in [-0.39, 0.29) is 16.4 Å². The number of esters is 1. The topological polar surface area (TPSA) is 35.5 Å². The van der Waals surface area contributed by atoms with Crippen LogP contribution in [0.15, 0.2) is 0 Å². The average Bonchev–Trinajstić information content (AvgIpc) is 2.29. The Morgan fingerprint density at radius 3 is 2.05 bits per heavy atom. The van der Waals surface area contributed by atoms with Gasteiger partial charge in [0.15, 0.2) is 8.32 Å². The molecule has 0 spiro atoms. The summed E-state index contributed by atoms with van der Waals surface area (Å²) in [6, 6.07) is 0. The molecule has 0 aliphatic heterocycles. The summed E-state index contributed by atoms with van der Waals surface area (Å²) < 4.78 is 11.3. The van der Waals surface area contributed by atoms with Gasteiger partial charge in [-0.2, -0.15) is 0 Å². The number of rotatable bonds is 3. The second-order valence-electron chi connectivity index (χ2n) is 7.63. The normalized spacial score (nSPS) is 29.1. The van der Waals surface area contributed by atoms with E-state index in [9.17, 15) is 4.79 Å². The molecule has 0 unspecified atom stereocenters. The van der Waals surface area contributed by atoms with Gasteiger partial charge in [0.25, 0.3) is 0 Å². The molecule has 1 fully saturated rings. The van der Waals surface area contributed by atoms with Crippen molar-refractivity contribution in [2.45, 2.75) is 77.6 Å². The monoisotopic (exact) mass is 286 g/mol. The molecule has 1 rings (SSSR count). The lowest BCUT2D eigenvalue weighted by atomic mass is 9.75. The quantitative estimate of drug-likeness (QED) is 0.578. The minimum atomic E-state index is -1.69. The third-order valence-corrected chi connectivity index (χ3v) is 9.52. The molecule has 19 heavy (non-hydrogen) atoms. The smallest absolute Gasteiger partial charge is 0.311 e. The maximum atomic E-state index is 11.8. The number of hydrogen-bond acceptors (Lipinski definition) is 3. The molecule has 0 aromatic heterocycles. The molecular weight excluding hydrogens is 256 g/mol. The van der Waals surface area contributed by atoms with Gasteiger partial charge in [0.05, 0.1) is 12.5 Å². The Balaban J connectivity index is 2.58. The zero-order chi connectivity index (χ0) is 14.9. The first-order chi connectivity index (χ1) is 8.52. The first-order valence-corrected chi connectivity index (χ1v) is 10.2. The molecule has 0 N–H and O–H groups in total. The fraction of sp³-hybridized carbons (Fsp3) is 0.933. The fourth-order valence-electron chi connectivity index (χ4n) is 2.39. The van der Waals surface area contributed by atoms with Crippen LogP contribution in [0, 0.1) is 5.41 Å². The maximum Gasteiger partial charge on any atom is 0.311 e. The minimum Gasteiger partial charge on any atom is -0.469 e. The van der Waals surface area contributed by atoms with Crippen molar-refractivity contribution < 1.29 is 14.0 Å². The minimum absolute atomic E-state index is 0.0710. The first-order valence-electron chi connectivity index (χ1n) is 7.28. The molecule has 3 nitrogen and oxygen atoms in total. The highest BCUT2D eigenvalue weighted by Gasteiger charge is 2.43. The number of hydrogen-bond donors (Lipinski definition) is 0. The van der Waals surface area contributed by atoms with Gasteiger partial charge < -0.3 is 9.16 Å². The zero-order valence-corrected chi connectivity index (χ0v) is 14.6. The highest BCUT2D eigenvalue weighted by Crippen LogP contribution is 2.42. The summed E-state index contributed by atoms with van der Waals surface area (Å²) in [6.45, 7) is 13.4. The molecule has 0 bridgehead atoms. The fourth-order valence-corrected chi connectivity index (χ4v) is 3.81. The molecule has 1 saturated carbocycles. The predicted molar refractivity (Wildman–Crippen MR) is 80.7 cm³/mol. The van der Waals surface area contributed by atoms with Gasteiger partial charge in [0, 0.05) is 6.10 Å². The van der Waals surface area contributed by atoms with Crippen molar-refractivity contribution >= 4 is 14.3 Å². The van der Waals surface area contributed by atoms with Crippen molar-refractivity contribution in [2.75, 3.05) is 7.11 Å². The molecule has 1 aliphatic rings. The van der Waals surface area contributed by atoms with E-state index in [1.807, 2.05) is 6.92 Å². The van der Waals surface area contributed by atoms with Crippen LogP contribution in [0.1, 0.15) is 53.4 Å². The van der Waals surface area contributed by atoms with Crippen molar-refractivity contribution in [1.82, 2.24) is 0 Å². The van der Waals surface area contributed by atoms with Crippen molar-refractivity contribution in [3.8, 4) is 0 Å². The summed E-state index contributed by atoms with van der Waals surface area (Å²) in [5, 5.41) is 0.246. The van der Waals surface area contributed by atoms with Gasteiger partial charge >= 0.3 is 5.97 Å². The Kier molecular flexibility index (Phi) is 4.89. The number of carbonyl (C=O) groups excluding carboxylic acids is 1. The van der Waals surface area contributed by atoms with Crippen molar-refractivity contribution in [3.05, 3.63) is 0 Å². The molecule has 0 saturated heterocycles. The molecule has 0 aromatic carbocycles. The molecule has 0 atom stereocenters. The molecule has 0 amide bonds. The number of methoxy groups -OCH3 is 1. The molecule has 4 heteroatoms. The Hall–Kier alpha value is -0.353. The summed E-state index contributed by atoms with van der Waals surface area (Å²) in [5.41, 5.74) is -0.304. The second kappa shape index (κ2) is 5.56. The van der Waals surface area contributed by atoms with E-state index in [0.717, 1.165) is 25.7 Å². The van der Waals surface area contributed by atoms with Crippen LogP contribution in [0.2, 0.25) is 18.1 Å². The number of carbonyl (C=O) groups is 1. The SMILES string of the molecule is COC(=O)[C@]1(C)CC[C@H](O[Si](C)(C)C(C)(C)C)CC1. The van der Waals surface area contributed by atoms with Crippen molar-refractivity contribution in [1.29, 1.82) is 0 Å². The third kappa shape index (κ3) is 3.82. The molecular formula is C15H30O3Si. The molecule has 112 valence electrons. The summed E-state index contributed by atoms with van der Waals surface area (Å²) in [5.74, 6) is -0.0710. The molecule has 1 aliphatic carbocycles. The molecule has 0 heterocycles. The lowest BCUT2D eigenvalue weighted by Gasteiger charge is -2.42. The van der Waals surface area contributed by atoms with Crippen LogP contribution in [0.5, 0.6) is 0 Å². The van der Waals surface area contributed by atoms with Crippen LogP contribution < -0.4 is 0 Å². The summed E-state index contributed by atoms with van der Waals surface area (Å²) >= 11 is 0. The third-order valence-electron chi connectivity index (χ3n) is 4.98. The summed E-state index contributed by atoms with van der Waals surface area (Å²) in [4.78, 5) is 11.8. The Bertz CT molecular complexity index is 323. The van der Waals surface area contributed by atoms with E-state index in [4.69, 9.17) is 9.16 Å². The van der Waals surface area contributed by atoms with Crippen LogP contribution in [0.4, 0.5) is 0 Å². The average molecular weight is 286 g/mol. The lowest BCUT2D eigenvalue weighted by Crippen LogP contribution is -2.46. The Morgan fingerprint density at radius 1 is 1.21 bits per heavy atom. The van der Waals surface area contributed by atoms with Gasteiger partial charge in [-0.1, -0.05) is 20.8 Å². The van der Waals surface area contributed by atoms with Crippen molar-refractivity contribution in [3.63, 3.8) is 0 Å². The van der Waals surface area contributed by atoms with E-state index in [1.54, 1.807) is 0 Å². The van der Waals surface area contributed by atoms with Gasteiger partial charge in [0.2, 0.25) is 0 Å². The lowest BCUT2D eigenvalue weighted by molar-refractivity contribution is -0.154. The van der Waals surface area contributed by atoms with Gasteiger partial charge in [0.1, 0.15) is 0 Å². The zero-order valence-electron chi connectivity index (χ0n) is 13.6. The summed E-state index contributed by atoms with van der Waals surface area (Å²) in [6.07, 6.45) is 4.01. The van der Waals surface area contributed by atoms with Crippen LogP contribution >= 0.6 is 0 Å². The summed E-state index contributed by atoms with van der Waals surface area (Å²) in [7, 11) is -0.212. The van der Waals surface area contributed by atoms with Gasteiger partial charge in [-0.25, -0.2) is 0 Å². The van der Waals surface area contributed by atoms with Crippen LogP contribution in [-0.4, -0.2) is 27.5 Å². The second-order valence-corrected chi connectivity index (χ2v) is 12.4. The highest BCUT2D eigenvalue weighted by atomic mass is 28.4. The highest BCUT2D eigenvalue weighted by molar-refractivity contribution is 6.74. The molecule has 0 radical (unpaired) electrons. The van der Waals surface area contributed by atoms with Gasteiger partial charge in [-0.05, 0) is 50.7 Å². The van der Waals surface area contributed by atoms with Gasteiger partial charge in [-0.15, -0.1) is 0 Å². The van der Waals surface area contributed by atoms with Crippen molar-refractivity contribution in [2.24, 2.45) is 5.41 Å². The first kappa shape index (κ1) is 16.7. The van der Waals surface area contributed by atoms with Crippen LogP contribution in [-0.2, 0) is 14.0 Å². The molecule has 0 aromatic rings. The predicted octanol–water partition coefficient (Wildman–Crippen LogP) is 4.13. The van der Waals surface area contributed by atoms with E-state index >= 15 is 0 Å². The van der Waals surface area contributed by atoms with Crippen LogP contribution in [0.3, 0.4) is 0 Å².